The van der Waals surface area contributed by atoms with E-state index in [4.69, 9.17) is 9.84 Å². The normalized spacial score (nSPS) is 14.6. The van der Waals surface area contributed by atoms with E-state index in [0.29, 0.717) is 18.7 Å². The molecule has 0 unspecified atom stereocenters. The lowest BCUT2D eigenvalue weighted by molar-refractivity contribution is -0.118. The van der Waals surface area contributed by atoms with Crippen molar-refractivity contribution in [2.45, 2.75) is 32.4 Å². The van der Waals surface area contributed by atoms with Crippen LogP contribution in [0.25, 0.3) is 0 Å². The molecule has 0 spiro atoms. The highest BCUT2D eigenvalue weighted by molar-refractivity contribution is 5.95. The van der Waals surface area contributed by atoms with Crippen LogP contribution in [0.1, 0.15) is 25.8 Å². The van der Waals surface area contributed by atoms with Crippen molar-refractivity contribution in [3.8, 4) is 5.75 Å². The third kappa shape index (κ3) is 3.68. The first-order valence-corrected chi connectivity index (χ1v) is 6.42. The van der Waals surface area contributed by atoms with Crippen LogP contribution in [-0.2, 0) is 11.3 Å². The monoisotopic (exact) mass is 264 g/mol. The minimum absolute atomic E-state index is 0.0775. The van der Waals surface area contributed by atoms with E-state index < -0.39 is 0 Å². The number of rotatable bonds is 5. The Morgan fingerprint density at radius 2 is 2.26 bits per heavy atom. The van der Waals surface area contributed by atoms with Crippen LogP contribution in [0.2, 0.25) is 0 Å². The number of carbonyl (C=O) groups excluding carboxylic acids is 1. The zero-order valence-corrected chi connectivity index (χ0v) is 11.3. The molecule has 0 radical (unpaired) electrons. The highest BCUT2D eigenvalue weighted by Crippen LogP contribution is 2.28. The van der Waals surface area contributed by atoms with Gasteiger partial charge < -0.3 is 20.5 Å². The molecule has 0 fully saturated rings. The second kappa shape index (κ2) is 5.59. The highest BCUT2D eigenvalue weighted by Gasteiger charge is 2.18. The van der Waals surface area contributed by atoms with Crippen molar-refractivity contribution < 1.29 is 14.6 Å². The maximum atomic E-state index is 11.3. The van der Waals surface area contributed by atoms with E-state index in [1.807, 2.05) is 32.0 Å². The smallest absolute Gasteiger partial charge is 0.262 e. The van der Waals surface area contributed by atoms with Crippen molar-refractivity contribution in [2.75, 3.05) is 18.5 Å². The molecule has 0 saturated heterocycles. The number of aliphatic hydroxyl groups is 1. The topological polar surface area (TPSA) is 70.6 Å². The number of hydrogen-bond donors (Lipinski definition) is 3. The van der Waals surface area contributed by atoms with Gasteiger partial charge in [0.2, 0.25) is 0 Å². The molecule has 0 bridgehead atoms. The summed E-state index contributed by atoms with van der Waals surface area (Å²) < 4.78 is 5.31. The van der Waals surface area contributed by atoms with Gasteiger partial charge in [-0.05, 0) is 38.0 Å². The predicted octanol–water partition coefficient (Wildman–Crippen LogP) is 1.27. The number of aliphatic hydroxyl groups excluding tert-OH is 1. The lowest BCUT2D eigenvalue weighted by Gasteiger charge is -2.26. The Morgan fingerprint density at radius 1 is 1.47 bits per heavy atom. The van der Waals surface area contributed by atoms with Gasteiger partial charge in [0.25, 0.3) is 5.91 Å². The van der Waals surface area contributed by atoms with Crippen LogP contribution in [0.4, 0.5) is 5.69 Å². The molecule has 0 aromatic heterocycles. The van der Waals surface area contributed by atoms with Crippen molar-refractivity contribution in [3.63, 3.8) is 0 Å². The molecule has 19 heavy (non-hydrogen) atoms. The van der Waals surface area contributed by atoms with E-state index in [1.54, 1.807) is 0 Å². The van der Waals surface area contributed by atoms with Crippen LogP contribution >= 0.6 is 0 Å². The van der Waals surface area contributed by atoms with Gasteiger partial charge >= 0.3 is 0 Å². The Hall–Kier alpha value is -1.59. The predicted molar refractivity (Wildman–Crippen MR) is 73.2 cm³/mol. The molecule has 104 valence electrons. The summed E-state index contributed by atoms with van der Waals surface area (Å²) in [5, 5.41) is 15.2. The molecular weight excluding hydrogens is 244 g/mol. The van der Waals surface area contributed by atoms with Crippen molar-refractivity contribution in [3.05, 3.63) is 23.8 Å². The molecule has 5 heteroatoms. The van der Waals surface area contributed by atoms with Crippen molar-refractivity contribution >= 4 is 11.6 Å². The summed E-state index contributed by atoms with van der Waals surface area (Å²) in [4.78, 5) is 11.3. The number of anilines is 1. The Labute approximate surface area is 113 Å². The molecule has 0 aliphatic carbocycles. The summed E-state index contributed by atoms with van der Waals surface area (Å²) in [6, 6.07) is 5.75. The molecule has 0 saturated carbocycles. The number of fused-ring (bicyclic) bond motifs is 1. The first kappa shape index (κ1) is 13.8. The molecule has 2 rings (SSSR count). The summed E-state index contributed by atoms with van der Waals surface area (Å²) in [5.41, 5.74) is 1.66. The number of amides is 1. The fourth-order valence-corrected chi connectivity index (χ4v) is 1.95. The second-order valence-corrected chi connectivity index (χ2v) is 5.38. The van der Waals surface area contributed by atoms with Crippen LogP contribution in [0, 0.1) is 0 Å². The van der Waals surface area contributed by atoms with Gasteiger partial charge in [0.05, 0.1) is 5.69 Å². The molecule has 0 atom stereocenters. The van der Waals surface area contributed by atoms with E-state index in [9.17, 15) is 4.79 Å². The third-order valence-electron chi connectivity index (χ3n) is 3.18. The van der Waals surface area contributed by atoms with Crippen LogP contribution in [0.15, 0.2) is 18.2 Å². The average molecular weight is 264 g/mol. The Bertz CT molecular complexity index is 472. The van der Waals surface area contributed by atoms with Gasteiger partial charge in [-0.2, -0.15) is 0 Å². The summed E-state index contributed by atoms with van der Waals surface area (Å²) >= 11 is 0. The number of carbonyl (C=O) groups is 1. The summed E-state index contributed by atoms with van der Waals surface area (Å²) in [5.74, 6) is 0.580. The minimum Gasteiger partial charge on any atom is -0.482 e. The van der Waals surface area contributed by atoms with Gasteiger partial charge in [-0.3, -0.25) is 4.79 Å². The highest BCUT2D eigenvalue weighted by atomic mass is 16.5. The zero-order chi connectivity index (χ0) is 13.9. The SMILES string of the molecule is CC(C)(CCO)NCc1ccc2c(c1)NC(=O)CO2. The lowest BCUT2D eigenvalue weighted by atomic mass is 10.0. The van der Waals surface area contributed by atoms with Gasteiger partial charge in [0.1, 0.15) is 5.75 Å². The maximum absolute atomic E-state index is 11.3. The third-order valence-corrected chi connectivity index (χ3v) is 3.18. The molecule has 1 aromatic carbocycles. The molecule has 1 aliphatic rings. The van der Waals surface area contributed by atoms with E-state index in [-0.39, 0.29) is 24.7 Å². The Morgan fingerprint density at radius 3 is 3.00 bits per heavy atom. The van der Waals surface area contributed by atoms with Crippen molar-refractivity contribution in [1.29, 1.82) is 0 Å². The number of ether oxygens (including phenoxy) is 1. The van der Waals surface area contributed by atoms with E-state index in [0.717, 1.165) is 11.3 Å². The number of hydrogen-bond acceptors (Lipinski definition) is 4. The molecule has 1 amide bonds. The lowest BCUT2D eigenvalue weighted by Crippen LogP contribution is -2.39. The summed E-state index contributed by atoms with van der Waals surface area (Å²) in [7, 11) is 0. The number of nitrogens with one attached hydrogen (secondary N) is 2. The summed E-state index contributed by atoms with van der Waals surface area (Å²) in [6.45, 7) is 5.01. The van der Waals surface area contributed by atoms with Crippen LogP contribution in [-0.4, -0.2) is 29.8 Å². The first-order chi connectivity index (χ1) is 9.00. The minimum atomic E-state index is -0.127. The quantitative estimate of drug-likeness (QED) is 0.749. The van der Waals surface area contributed by atoms with Gasteiger partial charge in [-0.15, -0.1) is 0 Å². The van der Waals surface area contributed by atoms with Gasteiger partial charge in [0, 0.05) is 18.7 Å². The first-order valence-electron chi connectivity index (χ1n) is 6.42. The van der Waals surface area contributed by atoms with Gasteiger partial charge in [-0.1, -0.05) is 6.07 Å². The molecule has 1 heterocycles. The van der Waals surface area contributed by atoms with Gasteiger partial charge in [0.15, 0.2) is 6.61 Å². The number of benzene rings is 1. The largest absolute Gasteiger partial charge is 0.482 e. The zero-order valence-electron chi connectivity index (χ0n) is 11.3. The van der Waals surface area contributed by atoms with E-state index in [1.165, 1.54) is 0 Å². The fraction of sp³-hybridized carbons (Fsp3) is 0.500. The maximum Gasteiger partial charge on any atom is 0.262 e. The molecule has 3 N–H and O–H groups in total. The van der Waals surface area contributed by atoms with E-state index >= 15 is 0 Å². The van der Waals surface area contributed by atoms with Crippen LogP contribution in [0.3, 0.4) is 0 Å². The van der Waals surface area contributed by atoms with Gasteiger partial charge in [-0.25, -0.2) is 0 Å². The summed E-state index contributed by atoms with van der Waals surface area (Å²) in [6.07, 6.45) is 0.692. The van der Waals surface area contributed by atoms with Crippen LogP contribution < -0.4 is 15.4 Å². The average Bonchev–Trinajstić information content (AvgIpc) is 2.36. The Kier molecular flexibility index (Phi) is 4.07. The van der Waals surface area contributed by atoms with Crippen molar-refractivity contribution in [2.24, 2.45) is 0 Å². The molecule has 1 aromatic rings. The second-order valence-electron chi connectivity index (χ2n) is 5.38. The van der Waals surface area contributed by atoms with E-state index in [2.05, 4.69) is 10.6 Å². The Balaban J connectivity index is 2.02. The van der Waals surface area contributed by atoms with Crippen molar-refractivity contribution in [1.82, 2.24) is 5.32 Å². The molecule has 1 aliphatic heterocycles. The standard InChI is InChI=1S/C14H20N2O3/c1-14(2,5-6-17)15-8-10-3-4-12-11(7-10)16-13(18)9-19-12/h3-4,7,15,17H,5-6,8-9H2,1-2H3,(H,16,18). The van der Waals surface area contributed by atoms with Crippen LogP contribution in [0.5, 0.6) is 5.75 Å². The molecular formula is C14H20N2O3. The molecule has 5 nitrogen and oxygen atoms in total. The fourth-order valence-electron chi connectivity index (χ4n) is 1.95.